The Hall–Kier alpha value is -2.45. The largest absolute Gasteiger partial charge is 0.378 e. The molecule has 1 heterocycles. The fourth-order valence-corrected chi connectivity index (χ4v) is 8.92. The highest BCUT2D eigenvalue weighted by atomic mass is 79.9. The number of anilines is 1. The van der Waals surface area contributed by atoms with E-state index in [0.717, 1.165) is 32.5 Å². The van der Waals surface area contributed by atoms with Gasteiger partial charge in [-0.25, -0.2) is 0 Å². The van der Waals surface area contributed by atoms with Gasteiger partial charge in [-0.1, -0.05) is 66.7 Å². The molecular weight excluding hydrogens is 489 g/mol. The summed E-state index contributed by atoms with van der Waals surface area (Å²) in [6.07, 6.45) is 1.01. The average molecular weight is 519 g/mol. The third kappa shape index (κ3) is 5.06. The fourth-order valence-electron chi connectivity index (χ4n) is 4.68. The van der Waals surface area contributed by atoms with Crippen LogP contribution in [0, 0.1) is 0 Å². The molecule has 2 nitrogen and oxygen atoms in total. The molecule has 1 aliphatic rings. The first-order valence-electron chi connectivity index (χ1n) is 11.3. The standard InChI is InChI=1S/C29H29NOP.BrH/c1-4-10-27(11-5-1)32(28-12-6-2-7-13-28,29-14-8-3-9-15-29)24-25-16-18-26(19-17-25)30-20-22-31-23-21-30;/h1-19H,20-24H2;1H/q+1;. The van der Waals surface area contributed by atoms with Crippen LogP contribution in [0.2, 0.25) is 0 Å². The van der Waals surface area contributed by atoms with E-state index in [2.05, 4.69) is 120 Å². The van der Waals surface area contributed by atoms with Gasteiger partial charge >= 0.3 is 0 Å². The summed E-state index contributed by atoms with van der Waals surface area (Å²) in [6, 6.07) is 42.5. The average Bonchev–Trinajstić information content (AvgIpc) is 2.90. The predicted molar refractivity (Wildman–Crippen MR) is 149 cm³/mol. The highest BCUT2D eigenvalue weighted by Crippen LogP contribution is 2.58. The minimum atomic E-state index is -1.86. The summed E-state index contributed by atoms with van der Waals surface area (Å²) in [7, 11) is -1.86. The van der Waals surface area contributed by atoms with E-state index in [1.165, 1.54) is 27.2 Å². The summed E-state index contributed by atoms with van der Waals surface area (Å²) in [4.78, 5) is 2.42. The van der Waals surface area contributed by atoms with Crippen LogP contribution in [0.1, 0.15) is 5.56 Å². The van der Waals surface area contributed by atoms with Gasteiger partial charge in [0.25, 0.3) is 0 Å². The first kappa shape index (κ1) is 23.7. The number of hydrogen-bond acceptors (Lipinski definition) is 2. The SMILES string of the molecule is Br.c1ccc([P+](Cc2ccc(N3CCOCC3)cc2)(c2ccccc2)c2ccccc2)cc1. The van der Waals surface area contributed by atoms with Crippen molar-refractivity contribution in [2.75, 3.05) is 31.2 Å². The Labute approximate surface area is 208 Å². The van der Waals surface area contributed by atoms with Crippen LogP contribution in [0.5, 0.6) is 0 Å². The second-order valence-corrected chi connectivity index (χ2v) is 11.7. The molecule has 0 spiro atoms. The number of hydrogen-bond donors (Lipinski definition) is 0. The smallest absolute Gasteiger partial charge is 0.116 e. The van der Waals surface area contributed by atoms with Crippen LogP contribution < -0.4 is 20.8 Å². The zero-order valence-electron chi connectivity index (χ0n) is 18.7. The maximum atomic E-state index is 5.52. The number of benzene rings is 4. The lowest BCUT2D eigenvalue weighted by atomic mass is 10.2. The molecule has 0 aromatic heterocycles. The van der Waals surface area contributed by atoms with Crippen molar-refractivity contribution in [2.24, 2.45) is 0 Å². The minimum absolute atomic E-state index is 0. The molecule has 0 bridgehead atoms. The lowest BCUT2D eigenvalue weighted by Gasteiger charge is -2.30. The Balaban J connectivity index is 0.00000259. The van der Waals surface area contributed by atoms with E-state index in [1.54, 1.807) is 0 Å². The second kappa shape index (κ2) is 11.1. The van der Waals surface area contributed by atoms with Crippen molar-refractivity contribution < 1.29 is 4.74 Å². The van der Waals surface area contributed by atoms with E-state index >= 15 is 0 Å². The van der Waals surface area contributed by atoms with Crippen molar-refractivity contribution in [3.63, 3.8) is 0 Å². The van der Waals surface area contributed by atoms with Crippen LogP contribution in [0.3, 0.4) is 0 Å². The van der Waals surface area contributed by atoms with Gasteiger partial charge in [0, 0.05) is 18.8 Å². The summed E-state index contributed by atoms with van der Waals surface area (Å²) in [6.45, 7) is 3.56. The number of nitrogens with zero attached hydrogens (tertiary/aromatic N) is 1. The van der Waals surface area contributed by atoms with Crippen LogP contribution in [-0.2, 0) is 10.9 Å². The number of halogens is 1. The highest BCUT2D eigenvalue weighted by Gasteiger charge is 2.45. The Bertz CT molecular complexity index is 1020. The highest BCUT2D eigenvalue weighted by molar-refractivity contribution is 8.93. The molecule has 0 amide bonds. The van der Waals surface area contributed by atoms with E-state index < -0.39 is 7.26 Å². The number of ether oxygens (including phenoxy) is 1. The van der Waals surface area contributed by atoms with Gasteiger partial charge in [-0.15, -0.1) is 17.0 Å². The van der Waals surface area contributed by atoms with E-state index in [4.69, 9.17) is 4.74 Å². The summed E-state index contributed by atoms with van der Waals surface area (Å²) in [5.74, 6) is 0. The molecule has 4 aromatic rings. The molecule has 33 heavy (non-hydrogen) atoms. The number of morpholine rings is 1. The zero-order chi connectivity index (χ0) is 21.6. The molecule has 1 fully saturated rings. The van der Waals surface area contributed by atoms with E-state index in [9.17, 15) is 0 Å². The second-order valence-electron chi connectivity index (χ2n) is 8.24. The Morgan fingerprint density at radius 1 is 0.576 bits per heavy atom. The maximum absolute atomic E-state index is 5.52. The minimum Gasteiger partial charge on any atom is -0.378 e. The van der Waals surface area contributed by atoms with Gasteiger partial charge < -0.3 is 9.64 Å². The third-order valence-corrected chi connectivity index (χ3v) is 10.7. The van der Waals surface area contributed by atoms with Gasteiger partial charge in [-0.05, 0) is 54.1 Å². The van der Waals surface area contributed by atoms with Gasteiger partial charge in [0.1, 0.15) is 23.2 Å². The molecule has 1 saturated heterocycles. The Morgan fingerprint density at radius 3 is 1.42 bits per heavy atom. The van der Waals surface area contributed by atoms with Crippen molar-refractivity contribution in [3.05, 3.63) is 121 Å². The van der Waals surface area contributed by atoms with E-state index in [-0.39, 0.29) is 17.0 Å². The summed E-state index contributed by atoms with van der Waals surface area (Å²) < 4.78 is 5.52. The van der Waals surface area contributed by atoms with Gasteiger partial charge in [0.05, 0.1) is 19.4 Å². The van der Waals surface area contributed by atoms with Crippen LogP contribution in [0.4, 0.5) is 5.69 Å². The number of rotatable bonds is 6. The maximum Gasteiger partial charge on any atom is 0.116 e. The molecule has 0 aliphatic carbocycles. The van der Waals surface area contributed by atoms with Gasteiger partial charge in [0.15, 0.2) is 0 Å². The van der Waals surface area contributed by atoms with Crippen LogP contribution in [0.25, 0.3) is 0 Å². The molecule has 168 valence electrons. The first-order chi connectivity index (χ1) is 15.9. The lowest BCUT2D eigenvalue weighted by molar-refractivity contribution is 0.122. The molecule has 0 N–H and O–H groups in total. The monoisotopic (exact) mass is 518 g/mol. The summed E-state index contributed by atoms with van der Waals surface area (Å²) >= 11 is 0. The predicted octanol–water partition coefficient (Wildman–Crippen LogP) is 5.60. The van der Waals surface area contributed by atoms with E-state index in [1.807, 2.05) is 0 Å². The van der Waals surface area contributed by atoms with Gasteiger partial charge in [-0.2, -0.15) is 0 Å². The topological polar surface area (TPSA) is 12.5 Å². The Kier molecular flexibility index (Phi) is 7.98. The molecule has 0 saturated carbocycles. The normalized spacial score (nSPS) is 13.9. The van der Waals surface area contributed by atoms with Crippen LogP contribution in [-0.4, -0.2) is 26.3 Å². The van der Waals surface area contributed by atoms with Crippen LogP contribution in [0.15, 0.2) is 115 Å². The molecule has 4 aromatic carbocycles. The van der Waals surface area contributed by atoms with Crippen molar-refractivity contribution in [3.8, 4) is 0 Å². The van der Waals surface area contributed by atoms with Crippen molar-refractivity contribution in [1.82, 2.24) is 0 Å². The van der Waals surface area contributed by atoms with Gasteiger partial charge in [-0.3, -0.25) is 0 Å². The van der Waals surface area contributed by atoms with E-state index in [0.29, 0.717) is 0 Å². The molecule has 4 heteroatoms. The quantitative estimate of drug-likeness (QED) is 0.308. The van der Waals surface area contributed by atoms with Gasteiger partial charge in [0.2, 0.25) is 0 Å². The van der Waals surface area contributed by atoms with Crippen molar-refractivity contribution in [2.45, 2.75) is 6.16 Å². The lowest BCUT2D eigenvalue weighted by Crippen LogP contribution is -2.36. The Morgan fingerprint density at radius 2 is 1.00 bits per heavy atom. The zero-order valence-corrected chi connectivity index (χ0v) is 21.3. The molecule has 0 unspecified atom stereocenters. The molecule has 0 atom stereocenters. The van der Waals surface area contributed by atoms with Crippen molar-refractivity contribution in [1.29, 1.82) is 0 Å². The summed E-state index contributed by atoms with van der Waals surface area (Å²) in [5.41, 5.74) is 2.67. The molecule has 0 radical (unpaired) electrons. The van der Waals surface area contributed by atoms with Crippen molar-refractivity contribution >= 4 is 45.8 Å². The van der Waals surface area contributed by atoms with Crippen LogP contribution >= 0.6 is 24.2 Å². The summed E-state index contributed by atoms with van der Waals surface area (Å²) in [5, 5.41) is 4.28. The third-order valence-electron chi connectivity index (χ3n) is 6.32. The first-order valence-corrected chi connectivity index (χ1v) is 13.3. The molecule has 1 aliphatic heterocycles. The molecular formula is C29H30BrNOP+. The fraction of sp³-hybridized carbons (Fsp3) is 0.172. The molecule has 5 rings (SSSR count).